The highest BCUT2D eigenvalue weighted by atomic mass is 35.5. The molecule has 0 saturated heterocycles. The number of hydrogen-bond donors (Lipinski definition) is 2. The molecule has 1 aromatic carbocycles. The van der Waals surface area contributed by atoms with Gasteiger partial charge in [0, 0.05) is 16.1 Å². The number of benzene rings is 1. The number of thiazole rings is 1. The summed E-state index contributed by atoms with van der Waals surface area (Å²) >= 11 is 7.26. The Morgan fingerprint density at radius 1 is 1.56 bits per heavy atom. The SMILES string of the molecule is Cc1csc(CNC(=O)c2cc(Cl)ccc2O)n1. The predicted molar refractivity (Wildman–Crippen MR) is 71.1 cm³/mol. The van der Waals surface area contributed by atoms with Crippen LogP contribution in [-0.4, -0.2) is 16.0 Å². The van der Waals surface area contributed by atoms with Gasteiger partial charge in [0.15, 0.2) is 0 Å². The van der Waals surface area contributed by atoms with Crippen molar-refractivity contribution in [2.75, 3.05) is 0 Å². The van der Waals surface area contributed by atoms with E-state index < -0.39 is 0 Å². The molecule has 0 saturated carbocycles. The largest absolute Gasteiger partial charge is 0.507 e. The van der Waals surface area contributed by atoms with Crippen molar-refractivity contribution in [3.8, 4) is 5.75 Å². The summed E-state index contributed by atoms with van der Waals surface area (Å²) in [5.41, 5.74) is 1.09. The Morgan fingerprint density at radius 3 is 3.00 bits per heavy atom. The van der Waals surface area contributed by atoms with Gasteiger partial charge in [0.05, 0.1) is 12.1 Å². The van der Waals surface area contributed by atoms with Gasteiger partial charge in [0.25, 0.3) is 5.91 Å². The number of rotatable bonds is 3. The first-order valence-electron chi connectivity index (χ1n) is 5.24. The number of nitrogens with one attached hydrogen (secondary N) is 1. The fourth-order valence-electron chi connectivity index (χ4n) is 1.43. The first-order valence-corrected chi connectivity index (χ1v) is 6.50. The van der Waals surface area contributed by atoms with Crippen LogP contribution in [0.15, 0.2) is 23.6 Å². The summed E-state index contributed by atoms with van der Waals surface area (Å²) in [6.07, 6.45) is 0. The number of amides is 1. The molecule has 94 valence electrons. The van der Waals surface area contributed by atoms with Crippen molar-refractivity contribution in [3.63, 3.8) is 0 Å². The second-order valence-corrected chi connectivity index (χ2v) is 5.11. The van der Waals surface area contributed by atoms with E-state index in [0.29, 0.717) is 11.6 Å². The quantitative estimate of drug-likeness (QED) is 0.910. The number of aryl methyl sites for hydroxylation is 1. The van der Waals surface area contributed by atoms with Gasteiger partial charge in [-0.1, -0.05) is 11.6 Å². The Kier molecular flexibility index (Phi) is 3.84. The van der Waals surface area contributed by atoms with E-state index in [1.54, 1.807) is 0 Å². The second-order valence-electron chi connectivity index (χ2n) is 3.73. The predicted octanol–water partition coefficient (Wildman–Crippen LogP) is 2.74. The number of carbonyl (C=O) groups excluding carboxylic acids is 1. The maximum Gasteiger partial charge on any atom is 0.255 e. The molecular weight excluding hydrogens is 272 g/mol. The van der Waals surface area contributed by atoms with Gasteiger partial charge >= 0.3 is 0 Å². The molecule has 1 aromatic heterocycles. The van der Waals surface area contributed by atoms with Crippen LogP contribution in [0.4, 0.5) is 0 Å². The highest BCUT2D eigenvalue weighted by molar-refractivity contribution is 7.09. The minimum Gasteiger partial charge on any atom is -0.507 e. The van der Waals surface area contributed by atoms with Gasteiger partial charge in [-0.15, -0.1) is 11.3 Å². The lowest BCUT2D eigenvalue weighted by Gasteiger charge is -2.05. The topological polar surface area (TPSA) is 62.2 Å². The molecule has 1 heterocycles. The molecule has 0 radical (unpaired) electrons. The van der Waals surface area contributed by atoms with Gasteiger partial charge in [0.1, 0.15) is 10.8 Å². The van der Waals surface area contributed by atoms with Crippen LogP contribution >= 0.6 is 22.9 Å². The third kappa shape index (κ3) is 3.00. The molecule has 2 rings (SSSR count). The number of nitrogens with zero attached hydrogens (tertiary/aromatic N) is 1. The molecule has 1 amide bonds. The molecule has 6 heteroatoms. The zero-order valence-electron chi connectivity index (χ0n) is 9.61. The fourth-order valence-corrected chi connectivity index (χ4v) is 2.31. The van der Waals surface area contributed by atoms with E-state index in [-0.39, 0.29) is 17.2 Å². The number of halogens is 1. The molecule has 2 N–H and O–H groups in total. The van der Waals surface area contributed by atoms with Crippen LogP contribution in [0.3, 0.4) is 0 Å². The van der Waals surface area contributed by atoms with Crippen LogP contribution in [0, 0.1) is 6.92 Å². The zero-order chi connectivity index (χ0) is 13.1. The van der Waals surface area contributed by atoms with E-state index in [9.17, 15) is 9.90 Å². The van der Waals surface area contributed by atoms with Crippen molar-refractivity contribution < 1.29 is 9.90 Å². The summed E-state index contributed by atoms with van der Waals surface area (Å²) in [5.74, 6) is -0.463. The first-order chi connectivity index (χ1) is 8.56. The van der Waals surface area contributed by atoms with Crippen molar-refractivity contribution in [2.24, 2.45) is 0 Å². The van der Waals surface area contributed by atoms with Gasteiger partial charge < -0.3 is 10.4 Å². The van der Waals surface area contributed by atoms with E-state index in [1.807, 2.05) is 12.3 Å². The molecule has 0 aliphatic carbocycles. The number of carbonyl (C=O) groups is 1. The van der Waals surface area contributed by atoms with Crippen LogP contribution in [0.1, 0.15) is 21.1 Å². The third-order valence-corrected chi connectivity index (χ3v) is 3.47. The molecule has 0 aliphatic heterocycles. The Morgan fingerprint density at radius 2 is 2.33 bits per heavy atom. The smallest absolute Gasteiger partial charge is 0.255 e. The van der Waals surface area contributed by atoms with Crippen LogP contribution in [0.25, 0.3) is 0 Å². The van der Waals surface area contributed by atoms with Crippen LogP contribution in [0.2, 0.25) is 5.02 Å². The van der Waals surface area contributed by atoms with E-state index in [4.69, 9.17) is 11.6 Å². The molecule has 0 unspecified atom stereocenters. The van der Waals surface area contributed by atoms with E-state index in [1.165, 1.54) is 29.5 Å². The number of aromatic nitrogens is 1. The van der Waals surface area contributed by atoms with Crippen molar-refractivity contribution in [3.05, 3.63) is 44.9 Å². The lowest BCUT2D eigenvalue weighted by Crippen LogP contribution is -2.22. The Hall–Kier alpha value is -1.59. The molecular formula is C12H11ClN2O2S. The standard InChI is InChI=1S/C12H11ClN2O2S/c1-7-6-18-11(15-7)5-14-12(17)9-4-8(13)2-3-10(9)16/h2-4,6,16H,5H2,1H3,(H,14,17). The molecule has 0 spiro atoms. The van der Waals surface area contributed by atoms with Crippen molar-refractivity contribution >= 4 is 28.8 Å². The van der Waals surface area contributed by atoms with E-state index in [0.717, 1.165) is 10.7 Å². The average molecular weight is 283 g/mol. The first kappa shape index (κ1) is 12.9. The molecule has 0 aliphatic rings. The van der Waals surface area contributed by atoms with Crippen LogP contribution < -0.4 is 5.32 Å². The monoisotopic (exact) mass is 282 g/mol. The average Bonchev–Trinajstić information content (AvgIpc) is 2.75. The van der Waals surface area contributed by atoms with Gasteiger partial charge in [-0.3, -0.25) is 4.79 Å². The highest BCUT2D eigenvalue weighted by Gasteiger charge is 2.11. The molecule has 0 fully saturated rings. The highest BCUT2D eigenvalue weighted by Crippen LogP contribution is 2.21. The Bertz CT molecular complexity index is 583. The zero-order valence-corrected chi connectivity index (χ0v) is 11.2. The van der Waals surface area contributed by atoms with Gasteiger partial charge in [-0.2, -0.15) is 0 Å². The maximum atomic E-state index is 11.8. The molecule has 4 nitrogen and oxygen atoms in total. The Labute approximate surface area is 113 Å². The lowest BCUT2D eigenvalue weighted by atomic mass is 10.2. The summed E-state index contributed by atoms with van der Waals surface area (Å²) in [5, 5.41) is 15.4. The Balaban J connectivity index is 2.05. The van der Waals surface area contributed by atoms with Crippen molar-refractivity contribution in [1.29, 1.82) is 0 Å². The fraction of sp³-hybridized carbons (Fsp3) is 0.167. The third-order valence-electron chi connectivity index (χ3n) is 2.27. The van der Waals surface area contributed by atoms with Crippen molar-refractivity contribution in [1.82, 2.24) is 10.3 Å². The molecule has 0 atom stereocenters. The van der Waals surface area contributed by atoms with Crippen molar-refractivity contribution in [2.45, 2.75) is 13.5 Å². The van der Waals surface area contributed by atoms with Crippen LogP contribution in [-0.2, 0) is 6.54 Å². The van der Waals surface area contributed by atoms with E-state index >= 15 is 0 Å². The van der Waals surface area contributed by atoms with Gasteiger partial charge in [-0.05, 0) is 25.1 Å². The maximum absolute atomic E-state index is 11.8. The minimum atomic E-state index is -0.372. The second kappa shape index (κ2) is 5.37. The summed E-state index contributed by atoms with van der Waals surface area (Å²) < 4.78 is 0. The molecule has 18 heavy (non-hydrogen) atoms. The lowest BCUT2D eigenvalue weighted by molar-refractivity contribution is 0.0948. The molecule has 2 aromatic rings. The number of hydrogen-bond acceptors (Lipinski definition) is 4. The van der Waals surface area contributed by atoms with Gasteiger partial charge in [0.2, 0.25) is 0 Å². The molecule has 0 bridgehead atoms. The summed E-state index contributed by atoms with van der Waals surface area (Å²) in [6.45, 7) is 2.23. The number of phenols is 1. The van der Waals surface area contributed by atoms with E-state index in [2.05, 4.69) is 10.3 Å². The van der Waals surface area contributed by atoms with Crippen LogP contribution in [0.5, 0.6) is 5.75 Å². The van der Waals surface area contributed by atoms with Gasteiger partial charge in [-0.25, -0.2) is 4.98 Å². The summed E-state index contributed by atoms with van der Waals surface area (Å²) in [4.78, 5) is 16.1. The minimum absolute atomic E-state index is 0.0905. The normalized spacial score (nSPS) is 10.3. The summed E-state index contributed by atoms with van der Waals surface area (Å²) in [6, 6.07) is 4.35. The number of aromatic hydroxyl groups is 1. The summed E-state index contributed by atoms with van der Waals surface area (Å²) in [7, 11) is 0. The number of phenolic OH excluding ortho intramolecular Hbond substituents is 1.